The van der Waals surface area contributed by atoms with E-state index in [4.69, 9.17) is 14.2 Å². The van der Waals surface area contributed by atoms with E-state index in [0.29, 0.717) is 6.61 Å². The summed E-state index contributed by atoms with van der Waals surface area (Å²) < 4.78 is 17.5. The molecule has 0 aromatic heterocycles. The summed E-state index contributed by atoms with van der Waals surface area (Å²) in [6.45, 7) is 3.85. The summed E-state index contributed by atoms with van der Waals surface area (Å²) >= 11 is 0. The van der Waals surface area contributed by atoms with Gasteiger partial charge >= 0.3 is 0 Å². The molecule has 4 nitrogen and oxygen atoms in total. The zero-order chi connectivity index (χ0) is 25.6. The average molecular weight is 494 g/mol. The van der Waals surface area contributed by atoms with E-state index in [-0.39, 0.29) is 12.1 Å². The zero-order valence-corrected chi connectivity index (χ0v) is 21.9. The Bertz CT molecular complexity index is 1310. The largest absolute Gasteiger partial charge is 0.493 e. The average Bonchev–Trinajstić information content (AvgIpc) is 2.96. The van der Waals surface area contributed by atoms with Gasteiger partial charge in [0.05, 0.1) is 14.2 Å². The molecule has 0 aliphatic carbocycles. The Morgan fingerprint density at radius 2 is 1.46 bits per heavy atom. The van der Waals surface area contributed by atoms with Gasteiger partial charge < -0.3 is 14.2 Å². The molecule has 4 aromatic carbocycles. The van der Waals surface area contributed by atoms with E-state index in [0.717, 1.165) is 42.2 Å². The minimum atomic E-state index is 0.197. The third kappa shape index (κ3) is 5.65. The number of rotatable bonds is 9. The van der Waals surface area contributed by atoms with E-state index in [9.17, 15) is 0 Å². The van der Waals surface area contributed by atoms with Crippen LogP contribution in [0.15, 0.2) is 97.1 Å². The Hall–Kier alpha value is -3.76. The van der Waals surface area contributed by atoms with Crippen LogP contribution in [0.4, 0.5) is 0 Å². The maximum absolute atomic E-state index is 6.15. The van der Waals surface area contributed by atoms with Gasteiger partial charge in [0.25, 0.3) is 0 Å². The van der Waals surface area contributed by atoms with Crippen molar-refractivity contribution in [1.82, 2.24) is 4.90 Å². The molecule has 0 saturated carbocycles. The Morgan fingerprint density at radius 1 is 0.784 bits per heavy atom. The van der Waals surface area contributed by atoms with E-state index in [1.807, 2.05) is 24.3 Å². The topological polar surface area (TPSA) is 30.9 Å². The molecule has 2 atom stereocenters. The fourth-order valence-corrected chi connectivity index (χ4v) is 5.39. The predicted molar refractivity (Wildman–Crippen MR) is 148 cm³/mol. The Kier molecular flexibility index (Phi) is 7.76. The van der Waals surface area contributed by atoms with Crippen molar-refractivity contribution >= 4 is 0 Å². The van der Waals surface area contributed by atoms with Gasteiger partial charge in [-0.3, -0.25) is 4.90 Å². The van der Waals surface area contributed by atoms with Gasteiger partial charge in [-0.15, -0.1) is 0 Å². The summed E-state index contributed by atoms with van der Waals surface area (Å²) in [7, 11) is 3.41. The van der Waals surface area contributed by atoms with Crippen LogP contribution in [0.1, 0.15) is 46.8 Å². The van der Waals surface area contributed by atoms with Crippen molar-refractivity contribution in [3.8, 4) is 17.2 Å². The van der Waals surface area contributed by atoms with Gasteiger partial charge in [-0.25, -0.2) is 0 Å². The quantitative estimate of drug-likeness (QED) is 0.247. The highest BCUT2D eigenvalue weighted by molar-refractivity contribution is 5.50. The molecule has 0 spiro atoms. The third-order valence-corrected chi connectivity index (χ3v) is 7.40. The number of hydrogen-bond donors (Lipinski definition) is 0. The first-order chi connectivity index (χ1) is 18.2. The van der Waals surface area contributed by atoms with E-state index in [2.05, 4.69) is 84.6 Å². The maximum Gasteiger partial charge on any atom is 0.161 e. The summed E-state index contributed by atoms with van der Waals surface area (Å²) in [6.07, 6.45) is 1.85. The summed E-state index contributed by atoms with van der Waals surface area (Å²) in [4.78, 5) is 2.63. The number of hydrogen-bond acceptors (Lipinski definition) is 4. The summed E-state index contributed by atoms with van der Waals surface area (Å²) in [5.74, 6) is 2.47. The lowest BCUT2D eigenvalue weighted by atomic mass is 9.86. The molecule has 190 valence electrons. The van der Waals surface area contributed by atoms with Crippen LogP contribution in [0.3, 0.4) is 0 Å². The monoisotopic (exact) mass is 493 g/mol. The lowest BCUT2D eigenvalue weighted by molar-refractivity contribution is 0.131. The fraction of sp³-hybridized carbons (Fsp3) is 0.273. The normalized spacial score (nSPS) is 16.0. The number of benzene rings is 4. The van der Waals surface area contributed by atoms with E-state index in [1.54, 1.807) is 14.2 Å². The molecule has 4 aromatic rings. The van der Waals surface area contributed by atoms with Gasteiger partial charge in [-0.05, 0) is 71.8 Å². The van der Waals surface area contributed by atoms with Crippen LogP contribution in [0.5, 0.6) is 17.2 Å². The van der Waals surface area contributed by atoms with Crippen LogP contribution >= 0.6 is 0 Å². The first-order valence-electron chi connectivity index (χ1n) is 13.0. The summed E-state index contributed by atoms with van der Waals surface area (Å²) in [6, 6.07) is 34.4. The molecule has 1 aliphatic rings. The van der Waals surface area contributed by atoms with Crippen molar-refractivity contribution in [1.29, 1.82) is 0 Å². The second kappa shape index (κ2) is 11.5. The van der Waals surface area contributed by atoms with Crippen LogP contribution in [-0.4, -0.2) is 25.7 Å². The second-order valence-corrected chi connectivity index (χ2v) is 9.62. The molecule has 0 radical (unpaired) electrons. The van der Waals surface area contributed by atoms with Crippen LogP contribution < -0.4 is 14.2 Å². The van der Waals surface area contributed by atoms with Crippen molar-refractivity contribution in [2.24, 2.45) is 0 Å². The first kappa shape index (κ1) is 24.9. The highest BCUT2D eigenvalue weighted by Crippen LogP contribution is 2.42. The van der Waals surface area contributed by atoms with Crippen LogP contribution in [-0.2, 0) is 19.4 Å². The molecule has 0 saturated heterocycles. The Labute approximate surface area is 220 Å². The van der Waals surface area contributed by atoms with Gasteiger partial charge in [0.1, 0.15) is 12.4 Å². The van der Waals surface area contributed by atoms with Gasteiger partial charge in [0, 0.05) is 18.6 Å². The minimum Gasteiger partial charge on any atom is -0.493 e. The summed E-state index contributed by atoms with van der Waals surface area (Å²) in [5, 5.41) is 0. The molecule has 0 N–H and O–H groups in total. The van der Waals surface area contributed by atoms with Crippen molar-refractivity contribution < 1.29 is 14.2 Å². The molecule has 1 aliphatic heterocycles. The van der Waals surface area contributed by atoms with Crippen molar-refractivity contribution in [2.75, 3.05) is 20.8 Å². The van der Waals surface area contributed by atoms with Crippen LogP contribution in [0, 0.1) is 0 Å². The van der Waals surface area contributed by atoms with Crippen LogP contribution in [0.25, 0.3) is 0 Å². The van der Waals surface area contributed by atoms with Gasteiger partial charge in [-0.2, -0.15) is 0 Å². The van der Waals surface area contributed by atoms with Gasteiger partial charge in [-0.1, -0.05) is 72.8 Å². The smallest absolute Gasteiger partial charge is 0.161 e. The molecule has 0 amide bonds. The van der Waals surface area contributed by atoms with Gasteiger partial charge in [0.15, 0.2) is 11.5 Å². The van der Waals surface area contributed by atoms with E-state index in [1.165, 1.54) is 22.3 Å². The van der Waals surface area contributed by atoms with Crippen LogP contribution in [0.2, 0.25) is 0 Å². The molecule has 0 fully saturated rings. The molecule has 5 rings (SSSR count). The molecule has 0 bridgehead atoms. The molecule has 0 unspecified atom stereocenters. The lowest BCUT2D eigenvalue weighted by Crippen LogP contribution is -2.38. The summed E-state index contributed by atoms with van der Waals surface area (Å²) in [5.41, 5.74) is 6.38. The second-order valence-electron chi connectivity index (χ2n) is 9.62. The highest BCUT2D eigenvalue weighted by Gasteiger charge is 2.32. The van der Waals surface area contributed by atoms with E-state index < -0.39 is 0 Å². The van der Waals surface area contributed by atoms with Gasteiger partial charge in [0.2, 0.25) is 0 Å². The predicted octanol–water partition coefficient (Wildman–Crippen LogP) is 7.19. The molecule has 37 heavy (non-hydrogen) atoms. The first-order valence-corrected chi connectivity index (χ1v) is 13.0. The van der Waals surface area contributed by atoms with Crippen molar-refractivity contribution in [2.45, 2.75) is 38.5 Å². The standard InChI is InChI=1S/C33H35NO3/c1-24(27-14-8-5-9-15-27)34-18-17-28-21-32(35-2)33(36-3)22-30(28)31(34)20-26-13-10-16-29(19-26)37-23-25-11-6-4-7-12-25/h4-16,19,21-22,24,31H,17-18,20,23H2,1-3H3/t24-,31-/m1/s1. The third-order valence-electron chi connectivity index (χ3n) is 7.40. The number of ether oxygens (including phenoxy) is 3. The SMILES string of the molecule is COc1cc2c(cc1OC)[C@@H](Cc1cccc(OCc3ccccc3)c1)N([C@H](C)c1ccccc1)CC2. The Balaban J connectivity index is 1.46. The molecule has 4 heteroatoms. The lowest BCUT2D eigenvalue weighted by Gasteiger charge is -2.42. The zero-order valence-electron chi connectivity index (χ0n) is 21.9. The highest BCUT2D eigenvalue weighted by atomic mass is 16.5. The number of nitrogens with zero attached hydrogens (tertiary/aromatic N) is 1. The number of fused-ring (bicyclic) bond motifs is 1. The molecule has 1 heterocycles. The molecular weight excluding hydrogens is 458 g/mol. The van der Waals surface area contributed by atoms with Crippen molar-refractivity contribution in [3.63, 3.8) is 0 Å². The Morgan fingerprint density at radius 3 is 2.19 bits per heavy atom. The minimum absolute atomic E-state index is 0.197. The van der Waals surface area contributed by atoms with Crippen molar-refractivity contribution in [3.05, 3.63) is 125 Å². The van der Waals surface area contributed by atoms with E-state index >= 15 is 0 Å². The fourth-order valence-electron chi connectivity index (χ4n) is 5.39. The maximum atomic E-state index is 6.15. The number of methoxy groups -OCH3 is 2. The molecular formula is C33H35NO3.